The van der Waals surface area contributed by atoms with Crippen molar-refractivity contribution in [3.05, 3.63) is 21.9 Å². The Kier molecular flexibility index (Phi) is 4.77. The van der Waals surface area contributed by atoms with Crippen LogP contribution in [0.25, 0.3) is 0 Å². The van der Waals surface area contributed by atoms with E-state index in [4.69, 9.17) is 4.74 Å². The molecule has 2 fully saturated rings. The number of nitrogens with one attached hydrogen (secondary N) is 2. The number of carbonyl (C=O) groups is 1. The summed E-state index contributed by atoms with van der Waals surface area (Å²) < 4.78 is 5.83. The van der Waals surface area contributed by atoms with E-state index in [1.54, 1.807) is 11.3 Å². The summed E-state index contributed by atoms with van der Waals surface area (Å²) in [6, 6.07) is 4.62. The number of ether oxygens (including phenoxy) is 1. The number of thiophene rings is 1. The first-order chi connectivity index (χ1) is 10.2. The molecule has 0 spiro atoms. The predicted molar refractivity (Wildman–Crippen MR) is 83.6 cm³/mol. The van der Waals surface area contributed by atoms with Gasteiger partial charge in [-0.15, -0.1) is 11.3 Å². The maximum atomic E-state index is 11.8. The van der Waals surface area contributed by atoms with Crippen molar-refractivity contribution in [3.8, 4) is 0 Å². The van der Waals surface area contributed by atoms with Gasteiger partial charge >= 0.3 is 6.03 Å². The van der Waals surface area contributed by atoms with Gasteiger partial charge in [0.05, 0.1) is 19.3 Å². The maximum absolute atomic E-state index is 11.8. The van der Waals surface area contributed by atoms with Gasteiger partial charge < -0.3 is 15.4 Å². The normalized spacial score (nSPS) is 25.6. The maximum Gasteiger partial charge on any atom is 0.315 e. The van der Waals surface area contributed by atoms with Gasteiger partial charge in [-0.2, -0.15) is 0 Å². The van der Waals surface area contributed by atoms with Gasteiger partial charge in [-0.1, -0.05) is 0 Å². The van der Waals surface area contributed by atoms with Crippen LogP contribution in [0.4, 0.5) is 4.79 Å². The second-order valence-corrected chi connectivity index (χ2v) is 7.19. The van der Waals surface area contributed by atoms with E-state index in [2.05, 4.69) is 34.6 Å². The van der Waals surface area contributed by atoms with Crippen LogP contribution in [0.2, 0.25) is 0 Å². The van der Waals surface area contributed by atoms with Crippen molar-refractivity contribution in [3.63, 3.8) is 0 Å². The van der Waals surface area contributed by atoms with Crippen LogP contribution >= 0.6 is 11.3 Å². The van der Waals surface area contributed by atoms with Gasteiger partial charge in [0, 0.05) is 28.9 Å². The smallest absolute Gasteiger partial charge is 0.315 e. The van der Waals surface area contributed by atoms with E-state index >= 15 is 0 Å². The molecule has 2 unspecified atom stereocenters. The second-order valence-electron chi connectivity index (χ2n) is 5.82. The van der Waals surface area contributed by atoms with E-state index in [0.717, 1.165) is 13.2 Å². The average molecular weight is 309 g/mol. The molecule has 0 aliphatic carbocycles. The van der Waals surface area contributed by atoms with Crippen LogP contribution in [0.3, 0.4) is 0 Å². The van der Waals surface area contributed by atoms with E-state index in [1.165, 1.54) is 29.1 Å². The summed E-state index contributed by atoms with van der Waals surface area (Å²) in [6.45, 7) is 6.16. The Morgan fingerprint density at radius 2 is 2.38 bits per heavy atom. The summed E-state index contributed by atoms with van der Waals surface area (Å²) in [5, 5.41) is 5.80. The third-order valence-electron chi connectivity index (χ3n) is 4.17. The number of carbonyl (C=O) groups excluding carboxylic acids is 1. The summed E-state index contributed by atoms with van der Waals surface area (Å²) in [6.07, 6.45) is 2.64. The van der Waals surface area contributed by atoms with E-state index < -0.39 is 0 Å². The van der Waals surface area contributed by atoms with Crippen LogP contribution in [-0.2, 0) is 11.3 Å². The summed E-state index contributed by atoms with van der Waals surface area (Å²) in [4.78, 5) is 16.7. The van der Waals surface area contributed by atoms with E-state index in [0.29, 0.717) is 19.1 Å². The molecule has 2 amide bonds. The number of aryl methyl sites for hydroxylation is 1. The molecule has 1 aromatic rings. The van der Waals surface area contributed by atoms with Gasteiger partial charge in [0.15, 0.2) is 0 Å². The van der Waals surface area contributed by atoms with Crippen molar-refractivity contribution in [2.75, 3.05) is 26.2 Å². The highest BCUT2D eigenvalue weighted by Gasteiger charge is 2.32. The highest BCUT2D eigenvalue weighted by Crippen LogP contribution is 2.22. The zero-order chi connectivity index (χ0) is 14.7. The minimum absolute atomic E-state index is 0.117. The van der Waals surface area contributed by atoms with Gasteiger partial charge in [0.1, 0.15) is 0 Å². The van der Waals surface area contributed by atoms with Crippen molar-refractivity contribution in [2.45, 2.75) is 38.5 Å². The number of fused-ring (bicyclic) bond motifs is 1. The standard InChI is InChI=1S/C15H23N3O2S/c1-11-4-5-14(21-11)8-17-15(19)16-7-13-9-18-6-2-3-12(18)10-20-13/h4-5,12-13H,2-3,6-10H2,1H3,(H2,16,17,19). The average Bonchev–Trinajstić information content (AvgIpc) is 3.10. The predicted octanol–water partition coefficient (Wildman–Crippen LogP) is 1.72. The van der Waals surface area contributed by atoms with Crippen LogP contribution in [0, 0.1) is 6.92 Å². The third kappa shape index (κ3) is 3.96. The third-order valence-corrected chi connectivity index (χ3v) is 5.17. The molecule has 1 aromatic heterocycles. The first kappa shape index (κ1) is 14.8. The molecule has 6 heteroatoms. The van der Waals surface area contributed by atoms with Gasteiger partial charge in [-0.3, -0.25) is 4.90 Å². The van der Waals surface area contributed by atoms with Crippen molar-refractivity contribution >= 4 is 17.4 Å². The molecule has 2 aliphatic heterocycles. The molecule has 2 N–H and O–H groups in total. The lowest BCUT2D eigenvalue weighted by Crippen LogP contribution is -2.51. The Morgan fingerprint density at radius 3 is 3.19 bits per heavy atom. The van der Waals surface area contributed by atoms with Crippen LogP contribution in [-0.4, -0.2) is 49.3 Å². The van der Waals surface area contributed by atoms with Gasteiger partial charge in [0.25, 0.3) is 0 Å². The van der Waals surface area contributed by atoms with Crippen molar-refractivity contribution < 1.29 is 9.53 Å². The van der Waals surface area contributed by atoms with E-state index in [1.807, 2.05) is 0 Å². The lowest BCUT2D eigenvalue weighted by atomic mass is 10.2. The van der Waals surface area contributed by atoms with Crippen molar-refractivity contribution in [1.82, 2.24) is 15.5 Å². The second kappa shape index (κ2) is 6.77. The Labute approximate surface area is 129 Å². The summed E-state index contributed by atoms with van der Waals surface area (Å²) in [7, 11) is 0. The zero-order valence-electron chi connectivity index (χ0n) is 12.4. The van der Waals surface area contributed by atoms with Crippen LogP contribution < -0.4 is 10.6 Å². The molecule has 3 rings (SSSR count). The van der Waals surface area contributed by atoms with Crippen molar-refractivity contribution in [1.29, 1.82) is 0 Å². The molecule has 2 aliphatic rings. The molecule has 5 nitrogen and oxygen atoms in total. The highest BCUT2D eigenvalue weighted by molar-refractivity contribution is 7.11. The fraction of sp³-hybridized carbons (Fsp3) is 0.667. The monoisotopic (exact) mass is 309 g/mol. The molecule has 0 aromatic carbocycles. The molecular formula is C15H23N3O2S. The first-order valence-corrected chi connectivity index (χ1v) is 8.45. The fourth-order valence-electron chi connectivity index (χ4n) is 3.03. The fourth-order valence-corrected chi connectivity index (χ4v) is 3.86. The lowest BCUT2D eigenvalue weighted by molar-refractivity contribution is -0.0457. The number of amides is 2. The molecule has 0 radical (unpaired) electrons. The summed E-state index contributed by atoms with van der Waals surface area (Å²) >= 11 is 1.71. The van der Waals surface area contributed by atoms with Gasteiger partial charge in [-0.25, -0.2) is 4.79 Å². The van der Waals surface area contributed by atoms with Gasteiger partial charge in [-0.05, 0) is 38.4 Å². The first-order valence-electron chi connectivity index (χ1n) is 7.63. The molecule has 3 heterocycles. The number of nitrogens with zero attached hydrogens (tertiary/aromatic N) is 1. The SMILES string of the molecule is Cc1ccc(CNC(=O)NCC2CN3CCCC3CO2)s1. The molecular weight excluding hydrogens is 286 g/mol. The number of hydrogen-bond donors (Lipinski definition) is 2. The largest absolute Gasteiger partial charge is 0.373 e. The van der Waals surface area contributed by atoms with Crippen LogP contribution in [0.5, 0.6) is 0 Å². The topological polar surface area (TPSA) is 53.6 Å². The Balaban J connectivity index is 1.36. The van der Waals surface area contributed by atoms with E-state index in [-0.39, 0.29) is 12.1 Å². The minimum atomic E-state index is -0.117. The molecule has 2 saturated heterocycles. The van der Waals surface area contributed by atoms with Gasteiger partial charge in [0.2, 0.25) is 0 Å². The van der Waals surface area contributed by atoms with Crippen LogP contribution in [0.1, 0.15) is 22.6 Å². The molecule has 0 bridgehead atoms. The Hall–Kier alpha value is -1.11. The quantitative estimate of drug-likeness (QED) is 0.890. The van der Waals surface area contributed by atoms with Crippen LogP contribution in [0.15, 0.2) is 12.1 Å². The molecule has 0 saturated carbocycles. The summed E-state index contributed by atoms with van der Waals surface area (Å²) in [5.41, 5.74) is 0. The molecule has 2 atom stereocenters. The number of rotatable bonds is 4. The summed E-state index contributed by atoms with van der Waals surface area (Å²) in [5.74, 6) is 0. The minimum Gasteiger partial charge on any atom is -0.373 e. The number of morpholine rings is 1. The van der Waals surface area contributed by atoms with E-state index in [9.17, 15) is 4.79 Å². The highest BCUT2D eigenvalue weighted by atomic mass is 32.1. The molecule has 116 valence electrons. The number of urea groups is 1. The number of hydrogen-bond acceptors (Lipinski definition) is 4. The lowest BCUT2D eigenvalue weighted by Gasteiger charge is -2.35. The molecule has 21 heavy (non-hydrogen) atoms. The Bertz CT molecular complexity index is 491. The van der Waals surface area contributed by atoms with Crippen molar-refractivity contribution in [2.24, 2.45) is 0 Å². The Morgan fingerprint density at radius 1 is 1.48 bits per heavy atom. The zero-order valence-corrected chi connectivity index (χ0v) is 13.2.